The number of halogens is 1. The van der Waals surface area contributed by atoms with Gasteiger partial charge in [0.05, 0.1) is 50.8 Å². The summed E-state index contributed by atoms with van der Waals surface area (Å²) in [6.07, 6.45) is 1.79. The number of nitrogens with zero attached hydrogens (tertiary/aromatic N) is 3. The molecule has 48 heavy (non-hydrogen) atoms. The molecule has 2 aliphatic rings. The van der Waals surface area contributed by atoms with E-state index in [0.29, 0.717) is 29.1 Å². The zero-order chi connectivity index (χ0) is 33.8. The van der Waals surface area contributed by atoms with Crippen LogP contribution in [0.2, 0.25) is 23.7 Å². The number of methoxy groups -OCH3 is 1. The van der Waals surface area contributed by atoms with Gasteiger partial charge < -0.3 is 19.5 Å². The first-order valence-corrected chi connectivity index (χ1v) is 19.7. The third-order valence-corrected chi connectivity index (χ3v) is 15.0. The number of benzene rings is 4. The number of aliphatic hydroxyl groups excluding tert-OH is 1. The molecule has 0 saturated carbocycles. The summed E-state index contributed by atoms with van der Waals surface area (Å²) >= 11 is 6.60. The van der Waals surface area contributed by atoms with Gasteiger partial charge in [0.2, 0.25) is 0 Å². The van der Waals surface area contributed by atoms with Crippen molar-refractivity contribution in [3.05, 3.63) is 124 Å². The van der Waals surface area contributed by atoms with Crippen molar-refractivity contribution in [2.45, 2.75) is 50.2 Å². The van der Waals surface area contributed by atoms with Crippen LogP contribution < -0.4 is 20.4 Å². The standard InChI is InChI=1S/C38H38ClN3O5Si/c1-24-35(48(3,4)30-16-14-29(46-2)15-17-30)34(19-20-43)47-38(24)32-21-27(39)11-18-33(32)41(37(38)45)23-25-9-12-28(13-10-25)42-36(44)31-8-6-5-7-26(31)22-40-42/h5-18,21-22,24,34-35,43H,19-20,23H2,1-4H3/t24-,34+,35-,38+/m0/s1. The molecule has 0 radical (unpaired) electrons. The Hall–Kier alpha value is -4.28. The lowest BCUT2D eigenvalue weighted by Crippen LogP contribution is -2.51. The number of fused-ring (bicyclic) bond motifs is 3. The Morgan fingerprint density at radius 3 is 2.44 bits per heavy atom. The molecule has 2 aliphatic heterocycles. The van der Waals surface area contributed by atoms with Crippen molar-refractivity contribution in [3.8, 4) is 11.4 Å². The van der Waals surface area contributed by atoms with Crippen molar-refractivity contribution in [3.63, 3.8) is 0 Å². The quantitative estimate of drug-likeness (QED) is 0.197. The summed E-state index contributed by atoms with van der Waals surface area (Å²) < 4.78 is 13.8. The maximum atomic E-state index is 14.9. The van der Waals surface area contributed by atoms with Crippen LogP contribution in [0.1, 0.15) is 24.5 Å². The normalized spacial score (nSPS) is 22.1. The fraction of sp³-hybridized carbons (Fsp3) is 0.289. The van der Waals surface area contributed by atoms with Crippen LogP contribution in [0.4, 0.5) is 5.69 Å². The molecule has 4 atom stereocenters. The van der Waals surface area contributed by atoms with Crippen LogP contribution in [0.15, 0.2) is 102 Å². The fourth-order valence-corrected chi connectivity index (χ4v) is 12.3. The summed E-state index contributed by atoms with van der Waals surface area (Å²) in [5.74, 6) is 0.468. The largest absolute Gasteiger partial charge is 0.497 e. The highest BCUT2D eigenvalue weighted by molar-refractivity contribution is 6.91. The van der Waals surface area contributed by atoms with Gasteiger partial charge in [0.1, 0.15) is 5.75 Å². The Balaban J connectivity index is 1.24. The monoisotopic (exact) mass is 679 g/mol. The van der Waals surface area contributed by atoms with E-state index in [0.717, 1.165) is 28.0 Å². The molecule has 1 aromatic heterocycles. The minimum Gasteiger partial charge on any atom is -0.497 e. The topological polar surface area (TPSA) is 93.9 Å². The highest BCUT2D eigenvalue weighted by Gasteiger charge is 2.66. The lowest BCUT2D eigenvalue weighted by atomic mass is 9.82. The Morgan fingerprint density at radius 2 is 1.73 bits per heavy atom. The van der Waals surface area contributed by atoms with E-state index < -0.39 is 13.7 Å². The predicted molar refractivity (Wildman–Crippen MR) is 191 cm³/mol. The molecule has 1 saturated heterocycles. The number of anilines is 1. The van der Waals surface area contributed by atoms with Crippen LogP contribution in [0, 0.1) is 5.92 Å². The number of hydrogen-bond acceptors (Lipinski definition) is 6. The van der Waals surface area contributed by atoms with E-state index in [-0.39, 0.29) is 35.6 Å². The second-order valence-corrected chi connectivity index (χ2v) is 18.5. The van der Waals surface area contributed by atoms with Gasteiger partial charge in [-0.15, -0.1) is 0 Å². The molecule has 0 bridgehead atoms. The van der Waals surface area contributed by atoms with Crippen molar-refractivity contribution in [2.75, 3.05) is 18.6 Å². The van der Waals surface area contributed by atoms with E-state index >= 15 is 0 Å². The molecule has 1 spiro atoms. The van der Waals surface area contributed by atoms with Gasteiger partial charge in [0.25, 0.3) is 11.5 Å². The minimum atomic E-state index is -2.29. The van der Waals surface area contributed by atoms with Gasteiger partial charge in [-0.2, -0.15) is 9.78 Å². The number of carbonyl (C=O) groups excluding carboxylic acids is 1. The Morgan fingerprint density at radius 1 is 1.00 bits per heavy atom. The van der Waals surface area contributed by atoms with E-state index in [2.05, 4.69) is 37.2 Å². The van der Waals surface area contributed by atoms with Crippen molar-refractivity contribution in [1.29, 1.82) is 0 Å². The molecule has 7 rings (SSSR count). The summed E-state index contributed by atoms with van der Waals surface area (Å²) in [6, 6.07) is 28.7. The van der Waals surface area contributed by atoms with Gasteiger partial charge in [0, 0.05) is 28.5 Å². The highest BCUT2D eigenvalue weighted by Crippen LogP contribution is 2.60. The van der Waals surface area contributed by atoms with Gasteiger partial charge in [-0.1, -0.05) is 79.3 Å². The highest BCUT2D eigenvalue weighted by atomic mass is 35.5. The van der Waals surface area contributed by atoms with E-state index in [1.165, 1.54) is 9.87 Å². The molecule has 5 aromatic rings. The van der Waals surface area contributed by atoms with Crippen molar-refractivity contribution in [1.82, 2.24) is 9.78 Å². The van der Waals surface area contributed by atoms with E-state index in [4.69, 9.17) is 21.1 Å². The first kappa shape index (κ1) is 32.3. The molecule has 8 nitrogen and oxygen atoms in total. The van der Waals surface area contributed by atoms with Gasteiger partial charge in [-0.25, -0.2) is 0 Å². The Bertz CT molecular complexity index is 2070. The zero-order valence-corrected chi connectivity index (χ0v) is 29.1. The lowest BCUT2D eigenvalue weighted by Gasteiger charge is -2.37. The maximum Gasteiger partial charge on any atom is 0.279 e. The van der Waals surface area contributed by atoms with Crippen LogP contribution >= 0.6 is 11.6 Å². The summed E-state index contributed by atoms with van der Waals surface area (Å²) in [4.78, 5) is 29.8. The minimum absolute atomic E-state index is 0.0285. The SMILES string of the molecule is COc1ccc([Si](C)(C)[C@@H]2[C@@H](CCO)O[C@]3(C(=O)N(Cc4ccc(-n5ncc6ccccc6c5=O)cc4)c4ccc(Cl)cc43)[C@H]2C)cc1. The third-order valence-electron chi connectivity index (χ3n) is 10.4. The van der Waals surface area contributed by atoms with Crippen LogP contribution in [0.25, 0.3) is 16.5 Å². The average Bonchev–Trinajstić information content (AvgIpc) is 3.51. The molecule has 3 heterocycles. The summed E-state index contributed by atoms with van der Waals surface area (Å²) in [5.41, 5.74) is 1.65. The first-order chi connectivity index (χ1) is 23.1. The third kappa shape index (κ3) is 5.08. The molecule has 1 amide bonds. The number of ether oxygens (including phenoxy) is 2. The number of aromatic nitrogens is 2. The fourth-order valence-electron chi connectivity index (χ4n) is 8.04. The van der Waals surface area contributed by atoms with Gasteiger partial charge >= 0.3 is 0 Å². The smallest absolute Gasteiger partial charge is 0.279 e. The Labute approximate surface area is 285 Å². The molecule has 246 valence electrons. The molecule has 0 unspecified atom stereocenters. The van der Waals surface area contributed by atoms with E-state index in [9.17, 15) is 14.7 Å². The Kier molecular flexibility index (Phi) is 8.28. The van der Waals surface area contributed by atoms with E-state index in [1.807, 2.05) is 66.7 Å². The molecule has 1 fully saturated rings. The van der Waals surface area contributed by atoms with Crippen LogP contribution in [0.5, 0.6) is 5.75 Å². The summed E-state index contributed by atoms with van der Waals surface area (Å²) in [7, 11) is -0.633. The molecule has 1 N–H and O–H groups in total. The predicted octanol–water partition coefficient (Wildman–Crippen LogP) is 6.19. The first-order valence-electron chi connectivity index (χ1n) is 16.2. The summed E-state index contributed by atoms with van der Waals surface area (Å²) in [5, 5.41) is 17.7. The van der Waals surface area contributed by atoms with Gasteiger partial charge in [-0.05, 0) is 66.1 Å². The van der Waals surface area contributed by atoms with Crippen molar-refractivity contribution < 1.29 is 19.4 Å². The number of amides is 1. The number of aliphatic hydroxyl groups is 1. The number of carbonyl (C=O) groups is 1. The van der Waals surface area contributed by atoms with Crippen molar-refractivity contribution in [2.24, 2.45) is 5.92 Å². The average molecular weight is 680 g/mol. The second kappa shape index (κ2) is 12.3. The second-order valence-electron chi connectivity index (χ2n) is 13.3. The van der Waals surface area contributed by atoms with Gasteiger partial charge in [-0.3, -0.25) is 9.59 Å². The molecular formula is C38H38ClN3O5Si. The molecule has 0 aliphatic carbocycles. The maximum absolute atomic E-state index is 14.9. The van der Waals surface area contributed by atoms with Gasteiger partial charge in [0.15, 0.2) is 5.60 Å². The zero-order valence-electron chi connectivity index (χ0n) is 27.4. The van der Waals surface area contributed by atoms with Crippen molar-refractivity contribution >= 4 is 47.2 Å². The molecule has 10 heteroatoms. The van der Waals surface area contributed by atoms with E-state index in [1.54, 1.807) is 30.3 Å². The molecular weight excluding hydrogens is 642 g/mol. The van der Waals surface area contributed by atoms with Crippen LogP contribution in [-0.4, -0.2) is 48.7 Å². The number of hydrogen-bond donors (Lipinski definition) is 1. The summed E-state index contributed by atoms with van der Waals surface area (Å²) in [6.45, 7) is 7.01. The van der Waals surface area contributed by atoms with Crippen LogP contribution in [0.3, 0.4) is 0 Å². The number of rotatable bonds is 8. The molecule has 4 aromatic carbocycles. The van der Waals surface area contributed by atoms with Crippen LogP contribution in [-0.2, 0) is 21.7 Å². The lowest BCUT2D eigenvalue weighted by molar-refractivity contribution is -0.146.